The lowest BCUT2D eigenvalue weighted by molar-refractivity contribution is 0.0701. The van der Waals surface area contributed by atoms with E-state index in [1.54, 1.807) is 13.0 Å². The molecule has 0 atom stereocenters. The highest BCUT2D eigenvalue weighted by atomic mass is 32.1. The van der Waals surface area contributed by atoms with Crippen molar-refractivity contribution in [1.82, 2.24) is 4.98 Å². The van der Waals surface area contributed by atoms with Crippen molar-refractivity contribution >= 4 is 33.9 Å². The fraction of sp³-hybridized carbons (Fsp3) is 0.118. The van der Waals surface area contributed by atoms with Crippen molar-refractivity contribution in [3.63, 3.8) is 0 Å². The van der Waals surface area contributed by atoms with E-state index in [1.807, 2.05) is 36.4 Å². The van der Waals surface area contributed by atoms with Gasteiger partial charge in [-0.2, -0.15) is 0 Å². The van der Waals surface area contributed by atoms with Crippen LogP contribution in [0.3, 0.4) is 0 Å². The smallest absolute Gasteiger partial charge is 0.347 e. The van der Waals surface area contributed by atoms with Gasteiger partial charge >= 0.3 is 5.97 Å². The number of aryl methyl sites for hydroxylation is 1. The number of hydrogen-bond acceptors (Lipinski definition) is 5. The van der Waals surface area contributed by atoms with Crippen LogP contribution in [0.4, 0.5) is 0 Å². The molecule has 0 bridgehead atoms. The number of carbonyl (C=O) groups is 2. The molecule has 5 nitrogen and oxygen atoms in total. The molecular formula is C17H13NO4S. The molecule has 6 heteroatoms. The number of benzene rings is 2. The normalized spacial score (nSPS) is 10.7. The fourth-order valence-corrected chi connectivity index (χ4v) is 3.01. The van der Waals surface area contributed by atoms with E-state index in [0.717, 1.165) is 22.1 Å². The van der Waals surface area contributed by atoms with Crippen LogP contribution in [0.5, 0.6) is 5.75 Å². The summed E-state index contributed by atoms with van der Waals surface area (Å²) < 4.78 is 5.51. The average molecular weight is 327 g/mol. The van der Waals surface area contributed by atoms with Crippen molar-refractivity contribution < 1.29 is 19.4 Å². The maximum atomic E-state index is 12.1. The summed E-state index contributed by atoms with van der Waals surface area (Å²) >= 11 is 0.873. The maximum absolute atomic E-state index is 12.1. The first-order valence-corrected chi connectivity index (χ1v) is 7.72. The molecular weight excluding hydrogens is 314 g/mol. The van der Waals surface area contributed by atoms with E-state index in [1.165, 1.54) is 0 Å². The summed E-state index contributed by atoms with van der Waals surface area (Å²) in [6.45, 7) is 1.39. The van der Waals surface area contributed by atoms with Crippen LogP contribution in [-0.4, -0.2) is 28.4 Å². The number of aromatic nitrogens is 1. The van der Waals surface area contributed by atoms with E-state index < -0.39 is 5.97 Å². The Morgan fingerprint density at radius 3 is 2.61 bits per heavy atom. The number of ether oxygens (including phenoxy) is 1. The molecule has 0 aliphatic carbocycles. The van der Waals surface area contributed by atoms with Crippen LogP contribution in [0.15, 0.2) is 42.5 Å². The van der Waals surface area contributed by atoms with Gasteiger partial charge in [0.25, 0.3) is 0 Å². The Morgan fingerprint density at radius 1 is 1.17 bits per heavy atom. The third-order valence-electron chi connectivity index (χ3n) is 3.32. The van der Waals surface area contributed by atoms with E-state index in [-0.39, 0.29) is 22.3 Å². The van der Waals surface area contributed by atoms with E-state index in [9.17, 15) is 9.59 Å². The highest BCUT2D eigenvalue weighted by molar-refractivity contribution is 7.15. The summed E-state index contributed by atoms with van der Waals surface area (Å²) in [4.78, 5) is 27.2. The largest absolute Gasteiger partial charge is 0.485 e. The molecule has 1 N–H and O–H groups in total. The molecule has 0 spiro atoms. The molecule has 0 aliphatic heterocycles. The highest BCUT2D eigenvalue weighted by Crippen LogP contribution is 2.22. The number of thiazole rings is 1. The van der Waals surface area contributed by atoms with Crippen LogP contribution < -0.4 is 4.74 Å². The van der Waals surface area contributed by atoms with Crippen molar-refractivity contribution in [2.45, 2.75) is 6.92 Å². The van der Waals surface area contributed by atoms with Gasteiger partial charge in [0.2, 0.25) is 5.78 Å². The summed E-state index contributed by atoms with van der Waals surface area (Å²) in [5.41, 5.74) is 0.344. The van der Waals surface area contributed by atoms with E-state index in [4.69, 9.17) is 9.84 Å². The van der Waals surface area contributed by atoms with Gasteiger partial charge in [-0.3, -0.25) is 4.79 Å². The van der Waals surface area contributed by atoms with Crippen LogP contribution in [-0.2, 0) is 0 Å². The number of fused-ring (bicyclic) bond motifs is 1. The molecule has 0 unspecified atom stereocenters. The molecule has 0 fully saturated rings. The summed E-state index contributed by atoms with van der Waals surface area (Å²) in [6.07, 6.45) is 0. The van der Waals surface area contributed by atoms with Crippen LogP contribution >= 0.6 is 11.3 Å². The number of hydrogen-bond donors (Lipinski definition) is 1. The van der Waals surface area contributed by atoms with E-state index in [2.05, 4.69) is 4.98 Å². The molecule has 0 saturated carbocycles. The lowest BCUT2D eigenvalue weighted by Gasteiger charge is -2.05. The number of Topliss-reactive ketones (excluding diaryl/α,β-unsaturated/α-hetero) is 1. The number of carboxylic acids is 1. The van der Waals surface area contributed by atoms with Crippen molar-refractivity contribution in [2.24, 2.45) is 0 Å². The number of nitrogens with zero attached hydrogens (tertiary/aromatic N) is 1. The first kappa shape index (κ1) is 15.2. The zero-order valence-corrected chi connectivity index (χ0v) is 13.1. The number of ketones is 1. The summed E-state index contributed by atoms with van der Waals surface area (Å²) in [5, 5.41) is 11.3. The summed E-state index contributed by atoms with van der Waals surface area (Å²) in [7, 11) is 0. The molecule has 116 valence electrons. The lowest BCUT2D eigenvalue weighted by atomic mass is 10.1. The quantitative estimate of drug-likeness (QED) is 0.725. The van der Waals surface area contributed by atoms with Crippen LogP contribution in [0.1, 0.15) is 25.2 Å². The molecule has 0 amide bonds. The second-order valence-corrected chi connectivity index (χ2v) is 5.96. The Kier molecular flexibility index (Phi) is 4.08. The minimum Gasteiger partial charge on any atom is -0.485 e. The Labute approximate surface area is 136 Å². The third kappa shape index (κ3) is 3.22. The van der Waals surface area contributed by atoms with Gasteiger partial charge in [-0.15, -0.1) is 11.3 Å². The van der Waals surface area contributed by atoms with Crippen molar-refractivity contribution in [2.75, 3.05) is 6.61 Å². The molecule has 3 aromatic rings. The van der Waals surface area contributed by atoms with Crippen LogP contribution in [0, 0.1) is 6.92 Å². The van der Waals surface area contributed by atoms with Gasteiger partial charge in [-0.25, -0.2) is 9.78 Å². The first-order valence-electron chi connectivity index (χ1n) is 6.90. The second kappa shape index (κ2) is 6.18. The summed E-state index contributed by atoms with van der Waals surface area (Å²) in [5.74, 6) is -0.822. The van der Waals surface area contributed by atoms with E-state index in [0.29, 0.717) is 11.4 Å². The van der Waals surface area contributed by atoms with Gasteiger partial charge in [0.15, 0.2) is 11.6 Å². The van der Waals surface area contributed by atoms with Crippen LogP contribution in [0.25, 0.3) is 10.8 Å². The van der Waals surface area contributed by atoms with Gasteiger partial charge in [-0.05, 0) is 29.8 Å². The number of carbonyl (C=O) groups excluding carboxylic acids is 1. The van der Waals surface area contributed by atoms with Gasteiger partial charge < -0.3 is 9.84 Å². The molecule has 1 aromatic heterocycles. The van der Waals surface area contributed by atoms with Crippen molar-refractivity contribution in [1.29, 1.82) is 0 Å². The molecule has 0 saturated heterocycles. The Morgan fingerprint density at radius 2 is 1.91 bits per heavy atom. The third-order valence-corrected chi connectivity index (χ3v) is 4.51. The Bertz CT molecular complexity index is 900. The molecule has 1 heterocycles. The van der Waals surface area contributed by atoms with Gasteiger partial charge in [-0.1, -0.05) is 30.3 Å². The fourth-order valence-electron chi connectivity index (χ4n) is 2.18. The number of carboxylic acid groups (broad SMARTS) is 1. The minimum absolute atomic E-state index is 0.0825. The second-order valence-electron chi connectivity index (χ2n) is 4.96. The summed E-state index contributed by atoms with van der Waals surface area (Å²) in [6, 6.07) is 13.4. The SMILES string of the molecule is Cc1nc(C(=O)COc2ccc3ccccc3c2)sc1C(=O)O. The minimum atomic E-state index is -1.07. The van der Waals surface area contributed by atoms with Gasteiger partial charge in [0.1, 0.15) is 10.6 Å². The number of rotatable bonds is 5. The standard InChI is InChI=1S/C17H13NO4S/c1-10-15(17(20)21)23-16(18-10)14(19)9-22-13-7-6-11-4-2-3-5-12(11)8-13/h2-8H,9H2,1H3,(H,20,21). The van der Waals surface area contributed by atoms with Gasteiger partial charge in [0, 0.05) is 0 Å². The molecule has 2 aromatic carbocycles. The zero-order valence-electron chi connectivity index (χ0n) is 12.3. The highest BCUT2D eigenvalue weighted by Gasteiger charge is 2.19. The predicted octanol–water partition coefficient (Wildman–Crippen LogP) is 3.56. The monoisotopic (exact) mass is 327 g/mol. The van der Waals surface area contributed by atoms with E-state index >= 15 is 0 Å². The first-order chi connectivity index (χ1) is 11.0. The average Bonchev–Trinajstić information content (AvgIpc) is 2.94. The number of aromatic carboxylic acids is 1. The maximum Gasteiger partial charge on any atom is 0.347 e. The van der Waals surface area contributed by atoms with Crippen molar-refractivity contribution in [3.8, 4) is 5.75 Å². The van der Waals surface area contributed by atoms with Crippen molar-refractivity contribution in [3.05, 3.63) is 58.0 Å². The van der Waals surface area contributed by atoms with Crippen LogP contribution in [0.2, 0.25) is 0 Å². The molecule has 0 radical (unpaired) electrons. The van der Waals surface area contributed by atoms with Gasteiger partial charge in [0.05, 0.1) is 5.69 Å². The topological polar surface area (TPSA) is 76.5 Å². The molecule has 23 heavy (non-hydrogen) atoms. The Hall–Kier alpha value is -2.73. The Balaban J connectivity index is 1.72. The predicted molar refractivity (Wildman–Crippen MR) is 87.6 cm³/mol. The zero-order chi connectivity index (χ0) is 16.4. The lowest BCUT2D eigenvalue weighted by Crippen LogP contribution is -2.11. The molecule has 0 aliphatic rings. The molecule has 3 rings (SSSR count).